The summed E-state index contributed by atoms with van der Waals surface area (Å²) in [5.74, 6) is 0. The normalized spacial score (nSPS) is 10.2. The Morgan fingerprint density at radius 1 is 1.58 bits per heavy atom. The minimum Gasteiger partial charge on any atom is -0.319 e. The highest BCUT2D eigenvalue weighted by Crippen LogP contribution is 2.13. The lowest BCUT2D eigenvalue weighted by Crippen LogP contribution is -2.11. The van der Waals surface area contributed by atoms with Crippen molar-refractivity contribution in [1.29, 1.82) is 0 Å². The second-order valence-corrected chi connectivity index (χ2v) is 3.19. The van der Waals surface area contributed by atoms with Gasteiger partial charge in [-0.15, -0.1) is 0 Å². The lowest BCUT2D eigenvalue weighted by atomic mass is 10.2. The van der Waals surface area contributed by atoms with Crippen molar-refractivity contribution in [3.63, 3.8) is 0 Å². The minimum atomic E-state index is 0.739. The lowest BCUT2D eigenvalue weighted by molar-refractivity contribution is 0.776. The summed E-state index contributed by atoms with van der Waals surface area (Å²) in [6, 6.07) is 2.03. The zero-order chi connectivity index (χ0) is 8.97. The maximum absolute atomic E-state index is 5.84. The van der Waals surface area contributed by atoms with Gasteiger partial charge < -0.3 is 5.32 Å². The fraction of sp³-hybridized carbons (Fsp3) is 0.444. The summed E-state index contributed by atoms with van der Waals surface area (Å²) in [4.78, 5) is 4.20. The largest absolute Gasteiger partial charge is 0.319 e. The Kier molecular flexibility index (Phi) is 3.50. The molecular weight excluding hydrogens is 172 g/mol. The van der Waals surface area contributed by atoms with E-state index in [-0.39, 0.29) is 0 Å². The Hall–Kier alpha value is -0.600. The Balaban J connectivity index is 2.69. The molecule has 0 bridgehead atoms. The zero-order valence-electron chi connectivity index (χ0n) is 7.39. The zero-order valence-corrected chi connectivity index (χ0v) is 8.15. The van der Waals surface area contributed by atoms with Crippen molar-refractivity contribution in [2.45, 2.75) is 13.3 Å². The molecule has 0 atom stereocenters. The van der Waals surface area contributed by atoms with E-state index < -0.39 is 0 Å². The van der Waals surface area contributed by atoms with Gasteiger partial charge in [-0.25, -0.2) is 0 Å². The molecule has 0 saturated carbocycles. The van der Waals surface area contributed by atoms with Crippen LogP contribution in [0.2, 0.25) is 5.02 Å². The monoisotopic (exact) mass is 184 g/mol. The van der Waals surface area contributed by atoms with Gasteiger partial charge in [-0.1, -0.05) is 11.6 Å². The summed E-state index contributed by atoms with van der Waals surface area (Å²) in [5.41, 5.74) is 2.18. The molecule has 66 valence electrons. The van der Waals surface area contributed by atoms with Gasteiger partial charge in [-0.05, 0) is 25.6 Å². The van der Waals surface area contributed by atoms with Gasteiger partial charge in [0.25, 0.3) is 0 Å². The van der Waals surface area contributed by atoms with Crippen LogP contribution in [0.3, 0.4) is 0 Å². The quantitative estimate of drug-likeness (QED) is 0.775. The van der Waals surface area contributed by atoms with Crippen LogP contribution in [-0.4, -0.2) is 18.6 Å². The molecule has 1 aromatic rings. The highest BCUT2D eigenvalue weighted by Gasteiger charge is 1.97. The van der Waals surface area contributed by atoms with Crippen LogP contribution in [-0.2, 0) is 6.42 Å². The average molecular weight is 185 g/mol. The molecule has 1 aromatic heterocycles. The lowest BCUT2D eigenvalue weighted by Gasteiger charge is -2.02. The molecule has 0 radical (unpaired) electrons. The number of aryl methyl sites for hydroxylation is 1. The number of nitrogens with one attached hydrogen (secondary N) is 1. The molecule has 1 N–H and O–H groups in total. The van der Waals surface area contributed by atoms with E-state index in [0.29, 0.717) is 0 Å². The molecule has 0 fully saturated rings. The molecule has 12 heavy (non-hydrogen) atoms. The molecule has 1 heterocycles. The van der Waals surface area contributed by atoms with Crippen LogP contribution in [0.1, 0.15) is 11.3 Å². The number of hydrogen-bond donors (Lipinski definition) is 1. The van der Waals surface area contributed by atoms with E-state index in [1.54, 1.807) is 6.20 Å². The van der Waals surface area contributed by atoms with Gasteiger partial charge in [-0.3, -0.25) is 4.98 Å². The number of halogens is 1. The predicted octanol–water partition coefficient (Wildman–Crippen LogP) is 1.81. The average Bonchev–Trinajstić information content (AvgIpc) is 2.07. The van der Waals surface area contributed by atoms with Crippen molar-refractivity contribution in [3.8, 4) is 0 Å². The van der Waals surface area contributed by atoms with E-state index in [1.165, 1.54) is 0 Å². The molecule has 0 aliphatic rings. The molecule has 1 rings (SSSR count). The molecule has 2 nitrogen and oxygen atoms in total. The van der Waals surface area contributed by atoms with Gasteiger partial charge >= 0.3 is 0 Å². The van der Waals surface area contributed by atoms with Crippen LogP contribution >= 0.6 is 11.6 Å². The maximum Gasteiger partial charge on any atom is 0.0618 e. The van der Waals surface area contributed by atoms with E-state index >= 15 is 0 Å². The molecule has 0 spiro atoms. The van der Waals surface area contributed by atoms with Crippen molar-refractivity contribution in [2.24, 2.45) is 0 Å². The topological polar surface area (TPSA) is 24.9 Å². The second kappa shape index (κ2) is 4.43. The van der Waals surface area contributed by atoms with E-state index in [9.17, 15) is 0 Å². The van der Waals surface area contributed by atoms with Gasteiger partial charge in [0, 0.05) is 24.9 Å². The molecular formula is C9H13ClN2. The van der Waals surface area contributed by atoms with Crippen LogP contribution in [0.25, 0.3) is 0 Å². The van der Waals surface area contributed by atoms with Gasteiger partial charge in [0.15, 0.2) is 0 Å². The summed E-state index contributed by atoms with van der Waals surface area (Å²) < 4.78 is 0. The first-order valence-corrected chi connectivity index (χ1v) is 4.37. The van der Waals surface area contributed by atoms with Crippen LogP contribution in [0.4, 0.5) is 0 Å². The first-order valence-electron chi connectivity index (χ1n) is 3.99. The fourth-order valence-electron chi connectivity index (χ4n) is 0.987. The summed E-state index contributed by atoms with van der Waals surface area (Å²) in [7, 11) is 1.93. The molecule has 3 heteroatoms. The third kappa shape index (κ3) is 2.47. The predicted molar refractivity (Wildman–Crippen MR) is 51.6 cm³/mol. The molecule has 0 aliphatic carbocycles. The summed E-state index contributed by atoms with van der Waals surface area (Å²) in [6.07, 6.45) is 2.66. The number of pyridine rings is 1. The van der Waals surface area contributed by atoms with Gasteiger partial charge in [0.2, 0.25) is 0 Å². The molecule has 0 aromatic carbocycles. The van der Waals surface area contributed by atoms with Gasteiger partial charge in [0.1, 0.15) is 0 Å². The number of nitrogens with zero attached hydrogens (tertiary/aromatic N) is 1. The van der Waals surface area contributed by atoms with E-state index in [4.69, 9.17) is 11.6 Å². The maximum atomic E-state index is 5.84. The highest BCUT2D eigenvalue weighted by atomic mass is 35.5. The Morgan fingerprint density at radius 2 is 2.33 bits per heavy atom. The number of aromatic nitrogens is 1. The van der Waals surface area contributed by atoms with Crippen molar-refractivity contribution < 1.29 is 0 Å². The van der Waals surface area contributed by atoms with Crippen LogP contribution in [0.15, 0.2) is 12.3 Å². The van der Waals surface area contributed by atoms with E-state index in [0.717, 1.165) is 29.2 Å². The summed E-state index contributed by atoms with van der Waals surface area (Å²) >= 11 is 5.84. The first kappa shape index (κ1) is 9.49. The van der Waals surface area contributed by atoms with Crippen molar-refractivity contribution >= 4 is 11.6 Å². The number of likely N-dealkylation sites (N-methyl/N-ethyl adjacent to an activating group) is 1. The molecule has 0 unspecified atom stereocenters. The standard InChI is InChI=1S/C9H13ClN2/c1-7-5-8(3-4-11-2)12-6-9(7)10/h5-6,11H,3-4H2,1-2H3. The van der Waals surface area contributed by atoms with Crippen molar-refractivity contribution in [1.82, 2.24) is 10.3 Å². The van der Waals surface area contributed by atoms with E-state index in [2.05, 4.69) is 10.3 Å². The van der Waals surface area contributed by atoms with Gasteiger partial charge in [-0.2, -0.15) is 0 Å². The molecule has 0 amide bonds. The second-order valence-electron chi connectivity index (χ2n) is 2.78. The van der Waals surface area contributed by atoms with Crippen molar-refractivity contribution in [2.75, 3.05) is 13.6 Å². The van der Waals surface area contributed by atoms with Crippen molar-refractivity contribution in [3.05, 3.63) is 28.5 Å². The highest BCUT2D eigenvalue weighted by molar-refractivity contribution is 6.31. The third-order valence-corrected chi connectivity index (χ3v) is 2.13. The minimum absolute atomic E-state index is 0.739. The summed E-state index contributed by atoms with van der Waals surface area (Å²) in [6.45, 7) is 2.95. The SMILES string of the molecule is CNCCc1cc(C)c(Cl)cn1. The van der Waals surface area contributed by atoms with Crippen LogP contribution < -0.4 is 5.32 Å². The first-order chi connectivity index (χ1) is 5.74. The fourth-order valence-corrected chi connectivity index (χ4v) is 1.09. The smallest absolute Gasteiger partial charge is 0.0618 e. The Labute approximate surface area is 78.0 Å². The summed E-state index contributed by atoms with van der Waals surface area (Å²) in [5, 5.41) is 3.82. The molecule has 0 aliphatic heterocycles. The van der Waals surface area contributed by atoms with Crippen LogP contribution in [0.5, 0.6) is 0 Å². The Morgan fingerprint density at radius 3 is 2.92 bits per heavy atom. The number of rotatable bonds is 3. The third-order valence-electron chi connectivity index (χ3n) is 1.73. The van der Waals surface area contributed by atoms with Gasteiger partial charge in [0.05, 0.1) is 5.02 Å². The number of hydrogen-bond acceptors (Lipinski definition) is 2. The Bertz CT molecular complexity index is 261. The molecule has 0 saturated heterocycles. The van der Waals surface area contributed by atoms with Crippen LogP contribution in [0, 0.1) is 6.92 Å². The van der Waals surface area contributed by atoms with E-state index in [1.807, 2.05) is 20.0 Å².